The van der Waals surface area contributed by atoms with E-state index in [2.05, 4.69) is 84.5 Å². The molecule has 1 aliphatic heterocycles. The summed E-state index contributed by atoms with van der Waals surface area (Å²) < 4.78 is 0. The van der Waals surface area contributed by atoms with Crippen LogP contribution in [0.15, 0.2) is 60.7 Å². The van der Waals surface area contributed by atoms with Crippen molar-refractivity contribution >= 4 is 32.6 Å². The van der Waals surface area contributed by atoms with Crippen LogP contribution >= 0.6 is 0 Å². The summed E-state index contributed by atoms with van der Waals surface area (Å²) in [5, 5.41) is 5.21. The highest BCUT2D eigenvalue weighted by Gasteiger charge is 2.25. The normalized spacial score (nSPS) is 14.7. The molecule has 1 aliphatic rings. The van der Waals surface area contributed by atoms with Crippen molar-refractivity contribution in [3.63, 3.8) is 0 Å². The fourth-order valence-corrected chi connectivity index (χ4v) is 5.04. The van der Waals surface area contributed by atoms with E-state index in [4.69, 9.17) is 4.98 Å². The highest BCUT2D eigenvalue weighted by atomic mass is 15.1. The van der Waals surface area contributed by atoms with Crippen LogP contribution in [0.3, 0.4) is 0 Å². The standard InChI is InChI=1S/C26H23N3/c1-16-24(20-9-5-6-10-22(20)27-16)26-21-15-29(2)14-13-19(21)25-18-8-4-3-7-17(18)11-12-23(25)28-26/h3-12,27H,13-15H2,1-2H3. The Hall–Kier alpha value is -3.17. The lowest BCUT2D eigenvalue weighted by Crippen LogP contribution is -2.27. The number of pyridine rings is 1. The summed E-state index contributed by atoms with van der Waals surface area (Å²) >= 11 is 0. The summed E-state index contributed by atoms with van der Waals surface area (Å²) in [7, 11) is 2.21. The molecule has 0 saturated heterocycles. The molecule has 0 bridgehead atoms. The van der Waals surface area contributed by atoms with Crippen molar-refractivity contribution in [1.29, 1.82) is 0 Å². The van der Waals surface area contributed by atoms with E-state index in [9.17, 15) is 0 Å². The average Bonchev–Trinajstić information content (AvgIpc) is 3.08. The van der Waals surface area contributed by atoms with Gasteiger partial charge in [-0.25, -0.2) is 4.98 Å². The minimum Gasteiger partial charge on any atom is -0.358 e. The van der Waals surface area contributed by atoms with Crippen molar-refractivity contribution in [2.24, 2.45) is 0 Å². The first-order valence-electron chi connectivity index (χ1n) is 10.3. The molecule has 0 amide bonds. The smallest absolute Gasteiger partial charge is 0.0781 e. The topological polar surface area (TPSA) is 31.9 Å². The van der Waals surface area contributed by atoms with Gasteiger partial charge in [0.15, 0.2) is 0 Å². The quantitative estimate of drug-likeness (QED) is 0.373. The number of nitrogens with one attached hydrogen (secondary N) is 1. The van der Waals surface area contributed by atoms with Gasteiger partial charge >= 0.3 is 0 Å². The number of hydrogen-bond acceptors (Lipinski definition) is 2. The number of nitrogens with zero attached hydrogens (tertiary/aromatic N) is 2. The highest BCUT2D eigenvalue weighted by Crippen LogP contribution is 2.40. The van der Waals surface area contributed by atoms with Crippen molar-refractivity contribution in [3.05, 3.63) is 77.5 Å². The Bertz CT molecular complexity index is 1410. The van der Waals surface area contributed by atoms with Crippen molar-refractivity contribution in [1.82, 2.24) is 14.9 Å². The number of H-pyrrole nitrogens is 1. The van der Waals surface area contributed by atoms with Gasteiger partial charge in [0.2, 0.25) is 0 Å². The molecule has 3 aromatic carbocycles. The van der Waals surface area contributed by atoms with Gasteiger partial charge < -0.3 is 9.88 Å². The first kappa shape index (κ1) is 16.8. The molecule has 5 aromatic rings. The van der Waals surface area contributed by atoms with E-state index in [1.54, 1.807) is 0 Å². The van der Waals surface area contributed by atoms with Crippen molar-refractivity contribution in [2.75, 3.05) is 13.6 Å². The Morgan fingerprint density at radius 1 is 0.897 bits per heavy atom. The predicted molar refractivity (Wildman–Crippen MR) is 121 cm³/mol. The van der Waals surface area contributed by atoms with Crippen LogP contribution in [0.4, 0.5) is 0 Å². The zero-order valence-electron chi connectivity index (χ0n) is 16.8. The lowest BCUT2D eigenvalue weighted by atomic mass is 9.89. The molecule has 1 N–H and O–H groups in total. The maximum atomic E-state index is 5.28. The van der Waals surface area contributed by atoms with Gasteiger partial charge in [0.1, 0.15) is 0 Å². The van der Waals surface area contributed by atoms with E-state index in [1.165, 1.54) is 49.4 Å². The summed E-state index contributed by atoms with van der Waals surface area (Å²) in [5.41, 5.74) is 8.73. The van der Waals surface area contributed by atoms with Crippen molar-refractivity contribution in [3.8, 4) is 11.3 Å². The van der Waals surface area contributed by atoms with Crippen LogP contribution in [0.2, 0.25) is 0 Å². The van der Waals surface area contributed by atoms with Gasteiger partial charge in [-0.1, -0.05) is 48.5 Å². The van der Waals surface area contributed by atoms with Crippen molar-refractivity contribution in [2.45, 2.75) is 19.9 Å². The molecule has 3 heterocycles. The maximum absolute atomic E-state index is 5.28. The largest absolute Gasteiger partial charge is 0.358 e. The van der Waals surface area contributed by atoms with Gasteiger partial charge in [0.25, 0.3) is 0 Å². The lowest BCUT2D eigenvalue weighted by Gasteiger charge is -2.28. The van der Waals surface area contributed by atoms with E-state index < -0.39 is 0 Å². The molecule has 0 spiro atoms. The van der Waals surface area contributed by atoms with Gasteiger partial charge in [0.05, 0.1) is 11.2 Å². The Balaban J connectivity index is 1.77. The Labute approximate surface area is 170 Å². The zero-order chi connectivity index (χ0) is 19.5. The summed E-state index contributed by atoms with van der Waals surface area (Å²) in [4.78, 5) is 11.3. The zero-order valence-corrected chi connectivity index (χ0v) is 16.8. The second-order valence-electron chi connectivity index (χ2n) is 8.26. The van der Waals surface area contributed by atoms with Gasteiger partial charge in [-0.15, -0.1) is 0 Å². The summed E-state index contributed by atoms with van der Waals surface area (Å²) in [6, 6.07) is 21.7. The van der Waals surface area contributed by atoms with Crippen LogP contribution in [-0.2, 0) is 13.0 Å². The number of para-hydroxylation sites is 1. The molecule has 29 heavy (non-hydrogen) atoms. The fraction of sp³-hybridized carbons (Fsp3) is 0.192. The third kappa shape index (κ3) is 2.44. The Kier molecular flexibility index (Phi) is 3.56. The number of rotatable bonds is 1. The number of benzene rings is 3. The number of aromatic nitrogens is 2. The number of hydrogen-bond donors (Lipinski definition) is 1. The molecule has 0 unspecified atom stereocenters. The van der Waals surface area contributed by atoms with Crippen molar-refractivity contribution < 1.29 is 0 Å². The van der Waals surface area contributed by atoms with Gasteiger partial charge in [0, 0.05) is 40.6 Å². The monoisotopic (exact) mass is 377 g/mol. The molecule has 0 atom stereocenters. The third-order valence-corrected chi connectivity index (χ3v) is 6.39. The molecule has 6 rings (SSSR count). The molecule has 0 radical (unpaired) electrons. The molecule has 0 aliphatic carbocycles. The van der Waals surface area contributed by atoms with Crippen LogP contribution in [-0.4, -0.2) is 28.5 Å². The van der Waals surface area contributed by atoms with E-state index in [0.29, 0.717) is 0 Å². The fourth-order valence-electron chi connectivity index (χ4n) is 5.04. The molecule has 0 fully saturated rings. The average molecular weight is 377 g/mol. The molecular weight excluding hydrogens is 354 g/mol. The minimum absolute atomic E-state index is 0.940. The molecule has 3 nitrogen and oxygen atoms in total. The predicted octanol–water partition coefficient (Wildman–Crippen LogP) is 5.83. The lowest BCUT2D eigenvalue weighted by molar-refractivity contribution is 0.314. The third-order valence-electron chi connectivity index (χ3n) is 6.39. The molecular formula is C26H23N3. The van der Waals surface area contributed by atoms with Gasteiger partial charge in [-0.05, 0) is 54.4 Å². The summed E-state index contributed by atoms with van der Waals surface area (Å²) in [6.07, 6.45) is 1.06. The first-order valence-corrected chi connectivity index (χ1v) is 10.3. The molecule has 2 aromatic heterocycles. The van der Waals surface area contributed by atoms with Crippen LogP contribution in [0.5, 0.6) is 0 Å². The van der Waals surface area contributed by atoms with Gasteiger partial charge in [-0.3, -0.25) is 0 Å². The molecule has 3 heteroatoms. The highest BCUT2D eigenvalue weighted by molar-refractivity contribution is 6.10. The second-order valence-corrected chi connectivity index (χ2v) is 8.26. The van der Waals surface area contributed by atoms with E-state index in [1.807, 2.05) is 0 Å². The first-order chi connectivity index (χ1) is 14.2. The van der Waals surface area contributed by atoms with Gasteiger partial charge in [-0.2, -0.15) is 0 Å². The summed E-state index contributed by atoms with van der Waals surface area (Å²) in [5.74, 6) is 0. The van der Waals surface area contributed by atoms with E-state index >= 15 is 0 Å². The van der Waals surface area contributed by atoms with Crippen LogP contribution in [0, 0.1) is 6.92 Å². The molecule has 142 valence electrons. The number of aryl methyl sites for hydroxylation is 1. The van der Waals surface area contributed by atoms with Crippen LogP contribution in [0.25, 0.3) is 43.8 Å². The minimum atomic E-state index is 0.940. The van der Waals surface area contributed by atoms with E-state index in [-0.39, 0.29) is 0 Å². The van der Waals surface area contributed by atoms with Crippen LogP contribution in [0.1, 0.15) is 16.8 Å². The Morgan fingerprint density at radius 2 is 1.69 bits per heavy atom. The molecule has 0 saturated carbocycles. The number of fused-ring (bicyclic) bond motifs is 6. The van der Waals surface area contributed by atoms with Crippen LogP contribution < -0.4 is 0 Å². The Morgan fingerprint density at radius 3 is 2.59 bits per heavy atom. The maximum Gasteiger partial charge on any atom is 0.0781 e. The summed E-state index contributed by atoms with van der Waals surface area (Å²) in [6.45, 7) is 4.19. The second kappa shape index (κ2) is 6.16. The van der Waals surface area contributed by atoms with E-state index in [0.717, 1.165) is 30.7 Å². The number of aromatic amines is 1. The SMILES string of the molecule is Cc1[nH]c2ccccc2c1-c1nc2ccc3ccccc3c2c2c1CN(C)CC2. The number of likely N-dealkylation sites (N-methyl/N-ethyl adjacent to an activating group) is 1.